The Morgan fingerprint density at radius 3 is 2.58 bits per heavy atom. The Bertz CT molecular complexity index is 769. The van der Waals surface area contributed by atoms with Gasteiger partial charge in [0, 0.05) is 37.2 Å². The van der Waals surface area contributed by atoms with Crippen molar-refractivity contribution in [1.82, 2.24) is 9.88 Å². The Morgan fingerprint density at radius 2 is 1.92 bits per heavy atom. The van der Waals surface area contributed by atoms with E-state index in [0.29, 0.717) is 11.6 Å². The van der Waals surface area contributed by atoms with Crippen LogP contribution in [0, 0.1) is 0 Å². The van der Waals surface area contributed by atoms with Crippen molar-refractivity contribution >= 4 is 23.6 Å². The maximum atomic E-state index is 12.2. The number of aromatic nitrogens is 1. The number of rotatable bonds is 6. The molecule has 26 heavy (non-hydrogen) atoms. The van der Waals surface area contributed by atoms with Crippen LogP contribution in [0.25, 0.3) is 11.5 Å². The van der Waals surface area contributed by atoms with Crippen LogP contribution < -0.4 is 0 Å². The van der Waals surface area contributed by atoms with Crippen molar-refractivity contribution in [3.63, 3.8) is 0 Å². The van der Waals surface area contributed by atoms with E-state index >= 15 is 0 Å². The van der Waals surface area contributed by atoms with Crippen LogP contribution in [0.1, 0.15) is 18.5 Å². The third-order valence-corrected chi connectivity index (χ3v) is 5.34. The predicted molar refractivity (Wildman–Crippen MR) is 96.5 cm³/mol. The lowest BCUT2D eigenvalue weighted by Gasteiger charge is -2.35. The fourth-order valence-electron chi connectivity index (χ4n) is 2.76. The number of carbonyl (C=O) groups is 2. The molecule has 1 amide bonds. The number of aliphatic hydroxyl groups is 1. The van der Waals surface area contributed by atoms with Gasteiger partial charge < -0.3 is 19.5 Å². The molecule has 0 atom stereocenters. The van der Waals surface area contributed by atoms with Gasteiger partial charge in [-0.2, -0.15) is 0 Å². The van der Waals surface area contributed by atoms with E-state index in [1.807, 2.05) is 30.3 Å². The Morgan fingerprint density at radius 1 is 1.23 bits per heavy atom. The van der Waals surface area contributed by atoms with E-state index in [1.165, 1.54) is 11.8 Å². The van der Waals surface area contributed by atoms with Gasteiger partial charge in [-0.05, 0) is 12.1 Å². The average Bonchev–Trinajstić information content (AvgIpc) is 3.12. The molecule has 0 aliphatic carbocycles. The van der Waals surface area contributed by atoms with Crippen LogP contribution in [0.4, 0.5) is 0 Å². The predicted octanol–water partition coefficient (Wildman–Crippen LogP) is 2.01. The number of oxazole rings is 1. The number of aliphatic carboxylic acids is 1. The molecule has 0 saturated carbocycles. The minimum absolute atomic E-state index is 0.0580. The summed E-state index contributed by atoms with van der Waals surface area (Å²) in [6.45, 7) is 0.509. The van der Waals surface area contributed by atoms with Crippen LogP contribution in [0.2, 0.25) is 0 Å². The fraction of sp³-hybridized carbons (Fsp3) is 0.389. The van der Waals surface area contributed by atoms with E-state index < -0.39 is 11.6 Å². The number of carboxylic acids is 1. The Hall–Kier alpha value is -2.32. The molecule has 0 unspecified atom stereocenters. The van der Waals surface area contributed by atoms with Crippen molar-refractivity contribution in [2.24, 2.45) is 0 Å². The average molecular weight is 376 g/mol. The summed E-state index contributed by atoms with van der Waals surface area (Å²) in [7, 11) is 0. The third-order valence-electron chi connectivity index (χ3n) is 4.39. The molecule has 1 aliphatic rings. The number of hydrogen-bond acceptors (Lipinski definition) is 6. The Labute approximate surface area is 155 Å². The van der Waals surface area contributed by atoms with Crippen LogP contribution in [0.15, 0.2) is 41.0 Å². The molecule has 3 rings (SSSR count). The number of amides is 1. The maximum Gasteiger partial charge on any atom is 0.335 e. The number of hydrogen-bond donors (Lipinski definition) is 2. The van der Waals surface area contributed by atoms with Gasteiger partial charge in [0.1, 0.15) is 6.26 Å². The topological polar surface area (TPSA) is 104 Å². The normalized spacial score (nSPS) is 16.4. The molecular weight excluding hydrogens is 356 g/mol. The maximum absolute atomic E-state index is 12.2. The zero-order chi connectivity index (χ0) is 18.6. The summed E-state index contributed by atoms with van der Waals surface area (Å²) in [5, 5.41) is 18.9. The van der Waals surface area contributed by atoms with Gasteiger partial charge in [0.15, 0.2) is 5.60 Å². The summed E-state index contributed by atoms with van der Waals surface area (Å²) < 4.78 is 5.47. The fourth-order valence-corrected chi connectivity index (χ4v) is 3.56. The second-order valence-electron chi connectivity index (χ2n) is 6.22. The second kappa shape index (κ2) is 7.92. The number of nitrogens with zero attached hydrogens (tertiary/aromatic N) is 2. The number of carbonyl (C=O) groups excluding carboxylic acids is 1. The van der Waals surface area contributed by atoms with Crippen LogP contribution in [0.3, 0.4) is 0 Å². The second-order valence-corrected chi connectivity index (χ2v) is 7.21. The van der Waals surface area contributed by atoms with Gasteiger partial charge in [-0.3, -0.25) is 4.79 Å². The minimum Gasteiger partial charge on any atom is -0.479 e. The molecule has 0 radical (unpaired) electrons. The van der Waals surface area contributed by atoms with Gasteiger partial charge in [-0.1, -0.05) is 18.2 Å². The van der Waals surface area contributed by atoms with Crippen LogP contribution in [-0.4, -0.2) is 56.4 Å². The van der Waals surface area contributed by atoms with Gasteiger partial charge in [0.2, 0.25) is 11.8 Å². The first kappa shape index (κ1) is 18.5. The zero-order valence-corrected chi connectivity index (χ0v) is 14.9. The molecule has 1 aliphatic heterocycles. The lowest BCUT2D eigenvalue weighted by atomic mass is 9.92. The van der Waals surface area contributed by atoms with Crippen LogP contribution >= 0.6 is 11.8 Å². The van der Waals surface area contributed by atoms with Gasteiger partial charge in [0.05, 0.1) is 11.4 Å². The quantitative estimate of drug-likeness (QED) is 0.795. The van der Waals surface area contributed by atoms with Crippen LogP contribution in [-0.2, 0) is 15.3 Å². The van der Waals surface area contributed by atoms with Gasteiger partial charge in [-0.25, -0.2) is 9.78 Å². The van der Waals surface area contributed by atoms with Crippen molar-refractivity contribution in [2.45, 2.75) is 24.2 Å². The highest BCUT2D eigenvalue weighted by atomic mass is 32.2. The molecule has 2 aromatic rings. The highest BCUT2D eigenvalue weighted by Gasteiger charge is 2.40. The first-order valence-corrected chi connectivity index (χ1v) is 9.44. The van der Waals surface area contributed by atoms with E-state index in [9.17, 15) is 14.7 Å². The molecule has 1 aromatic carbocycles. The summed E-state index contributed by atoms with van der Waals surface area (Å²) in [6, 6.07) is 9.59. The smallest absolute Gasteiger partial charge is 0.335 e. The monoisotopic (exact) mass is 376 g/mol. The summed E-state index contributed by atoms with van der Waals surface area (Å²) in [4.78, 5) is 29.3. The molecule has 1 fully saturated rings. The Balaban J connectivity index is 1.45. The molecule has 138 valence electrons. The molecule has 7 nitrogen and oxygen atoms in total. The minimum atomic E-state index is -1.71. The molecule has 2 N–H and O–H groups in total. The van der Waals surface area contributed by atoms with Gasteiger partial charge >= 0.3 is 5.97 Å². The number of likely N-dealkylation sites (tertiary alicyclic amines) is 1. The van der Waals surface area contributed by atoms with Crippen LogP contribution in [0.5, 0.6) is 0 Å². The van der Waals surface area contributed by atoms with Crippen molar-refractivity contribution < 1.29 is 24.2 Å². The number of thioether (sulfide) groups is 1. The van der Waals surface area contributed by atoms with Crippen molar-refractivity contribution in [3.05, 3.63) is 42.3 Å². The molecule has 0 bridgehead atoms. The molecule has 2 heterocycles. The summed E-state index contributed by atoms with van der Waals surface area (Å²) in [5.41, 5.74) is -0.0435. The molecule has 1 aromatic heterocycles. The SMILES string of the molecule is O=C(CSCc1coc(-c2ccccc2)n1)N1CCC(O)(C(=O)O)CC1. The first-order chi connectivity index (χ1) is 12.5. The van der Waals surface area contributed by atoms with E-state index in [-0.39, 0.29) is 37.6 Å². The Kier molecular flexibility index (Phi) is 5.63. The summed E-state index contributed by atoms with van der Waals surface area (Å²) >= 11 is 1.43. The number of benzene rings is 1. The van der Waals surface area contributed by atoms with Crippen molar-refractivity contribution in [2.75, 3.05) is 18.8 Å². The van der Waals surface area contributed by atoms with Crippen molar-refractivity contribution in [1.29, 1.82) is 0 Å². The number of piperidine rings is 1. The van der Waals surface area contributed by atoms with Crippen molar-refractivity contribution in [3.8, 4) is 11.5 Å². The first-order valence-electron chi connectivity index (χ1n) is 8.29. The lowest BCUT2D eigenvalue weighted by Crippen LogP contribution is -2.51. The summed E-state index contributed by atoms with van der Waals surface area (Å²) in [6.07, 6.45) is 1.71. The van der Waals surface area contributed by atoms with Gasteiger partial charge in [-0.15, -0.1) is 11.8 Å². The van der Waals surface area contributed by atoms with E-state index in [0.717, 1.165) is 11.3 Å². The standard InChI is InChI=1S/C18H20N2O5S/c21-15(20-8-6-18(24,7-9-20)17(22)23)12-26-11-14-10-25-16(19-14)13-4-2-1-3-5-13/h1-5,10,24H,6-9,11-12H2,(H,22,23). The van der Waals surface area contributed by atoms with E-state index in [4.69, 9.17) is 9.52 Å². The summed E-state index contributed by atoms with van der Waals surface area (Å²) in [5.74, 6) is 0.0959. The largest absolute Gasteiger partial charge is 0.479 e. The molecule has 0 spiro atoms. The third kappa shape index (κ3) is 4.25. The van der Waals surface area contributed by atoms with E-state index in [1.54, 1.807) is 11.2 Å². The number of carboxylic acid groups (broad SMARTS) is 1. The highest BCUT2D eigenvalue weighted by Crippen LogP contribution is 2.24. The zero-order valence-electron chi connectivity index (χ0n) is 14.1. The van der Waals surface area contributed by atoms with Gasteiger partial charge in [0.25, 0.3) is 0 Å². The lowest BCUT2D eigenvalue weighted by molar-refractivity contribution is -0.165. The highest BCUT2D eigenvalue weighted by molar-refractivity contribution is 7.99. The molecular formula is C18H20N2O5S. The molecule has 8 heteroatoms. The van der Waals surface area contributed by atoms with E-state index in [2.05, 4.69) is 4.98 Å². The molecule has 1 saturated heterocycles.